The minimum Gasteiger partial charge on any atom is -0.465 e. The number of fused-ring (bicyclic) bond motifs is 1. The second-order valence-electron chi connectivity index (χ2n) is 4.61. The maximum absolute atomic E-state index is 10.9. The van der Waals surface area contributed by atoms with Gasteiger partial charge in [-0.15, -0.1) is 0 Å². The van der Waals surface area contributed by atoms with Gasteiger partial charge in [-0.1, -0.05) is 11.6 Å². The van der Waals surface area contributed by atoms with Crippen molar-refractivity contribution in [2.75, 3.05) is 13.1 Å². The predicted molar refractivity (Wildman–Crippen MR) is 73.2 cm³/mol. The van der Waals surface area contributed by atoms with Gasteiger partial charge in [-0.3, -0.25) is 0 Å². The van der Waals surface area contributed by atoms with E-state index in [4.69, 9.17) is 28.3 Å². The molecule has 9 heteroatoms. The van der Waals surface area contributed by atoms with Crippen molar-refractivity contribution in [2.45, 2.75) is 18.9 Å². The number of nitrogens with zero attached hydrogens (tertiary/aromatic N) is 5. The van der Waals surface area contributed by atoms with Crippen LogP contribution in [0.2, 0.25) is 10.4 Å². The third-order valence-electron chi connectivity index (χ3n) is 3.46. The van der Waals surface area contributed by atoms with Gasteiger partial charge in [0.05, 0.1) is 17.6 Å². The first-order valence-electron chi connectivity index (χ1n) is 6.10. The summed E-state index contributed by atoms with van der Waals surface area (Å²) in [6.07, 6.45) is 2.09. The second kappa shape index (κ2) is 5.06. The monoisotopic (exact) mass is 315 g/mol. The topological polar surface area (TPSA) is 84.1 Å². The molecule has 0 aliphatic carbocycles. The Morgan fingerprint density at radius 2 is 2.00 bits per heavy atom. The van der Waals surface area contributed by atoms with Crippen molar-refractivity contribution in [2.24, 2.45) is 0 Å². The lowest BCUT2D eigenvalue weighted by Gasteiger charge is -2.30. The molecule has 2 aromatic rings. The van der Waals surface area contributed by atoms with Gasteiger partial charge in [-0.25, -0.2) is 14.5 Å². The molecule has 1 amide bonds. The van der Waals surface area contributed by atoms with Gasteiger partial charge in [0.15, 0.2) is 5.65 Å². The van der Waals surface area contributed by atoms with Gasteiger partial charge in [0.25, 0.3) is 0 Å². The number of amides is 1. The number of carboxylic acid groups (broad SMARTS) is 1. The first-order valence-corrected chi connectivity index (χ1v) is 6.86. The highest BCUT2D eigenvalue weighted by Gasteiger charge is 2.25. The van der Waals surface area contributed by atoms with E-state index in [0.29, 0.717) is 37.0 Å². The Morgan fingerprint density at radius 1 is 1.30 bits per heavy atom. The van der Waals surface area contributed by atoms with Crippen LogP contribution in [0.5, 0.6) is 0 Å². The number of hydrogen-bond acceptors (Lipinski definition) is 4. The van der Waals surface area contributed by atoms with Crippen LogP contribution in [0.15, 0.2) is 6.20 Å². The van der Waals surface area contributed by atoms with Gasteiger partial charge in [0.1, 0.15) is 5.15 Å². The Hall–Kier alpha value is -1.60. The lowest BCUT2D eigenvalue weighted by molar-refractivity contribution is 0.124. The molecule has 1 fully saturated rings. The summed E-state index contributed by atoms with van der Waals surface area (Å²) in [6, 6.07) is 0.0881. The number of halogens is 2. The van der Waals surface area contributed by atoms with Gasteiger partial charge in [-0.2, -0.15) is 10.1 Å². The zero-order chi connectivity index (χ0) is 14.3. The van der Waals surface area contributed by atoms with Crippen LogP contribution in [0.3, 0.4) is 0 Å². The molecule has 106 valence electrons. The molecular formula is C11H11Cl2N5O2. The highest BCUT2D eigenvalue weighted by Crippen LogP contribution is 2.28. The number of piperidine rings is 1. The largest absolute Gasteiger partial charge is 0.465 e. The van der Waals surface area contributed by atoms with Gasteiger partial charge in [-0.05, 0) is 24.4 Å². The summed E-state index contributed by atoms with van der Waals surface area (Å²) in [6.45, 7) is 0.960. The smallest absolute Gasteiger partial charge is 0.407 e. The molecule has 3 heterocycles. The maximum Gasteiger partial charge on any atom is 0.407 e. The zero-order valence-electron chi connectivity index (χ0n) is 10.3. The van der Waals surface area contributed by atoms with Crippen molar-refractivity contribution in [3.05, 3.63) is 16.6 Å². The Morgan fingerprint density at radius 3 is 2.65 bits per heavy atom. The molecule has 1 aliphatic heterocycles. The highest BCUT2D eigenvalue weighted by molar-refractivity contribution is 6.35. The molecular weight excluding hydrogens is 305 g/mol. The molecule has 0 unspecified atom stereocenters. The number of hydrogen-bond donors (Lipinski definition) is 1. The molecule has 1 aliphatic rings. The number of rotatable bonds is 1. The van der Waals surface area contributed by atoms with Crippen LogP contribution in [-0.2, 0) is 0 Å². The van der Waals surface area contributed by atoms with Gasteiger partial charge in [0, 0.05) is 13.1 Å². The van der Waals surface area contributed by atoms with Gasteiger partial charge < -0.3 is 10.0 Å². The third kappa shape index (κ3) is 2.27. The van der Waals surface area contributed by atoms with Crippen molar-refractivity contribution in [1.82, 2.24) is 24.6 Å². The van der Waals surface area contributed by atoms with E-state index < -0.39 is 6.09 Å². The highest BCUT2D eigenvalue weighted by atomic mass is 35.5. The van der Waals surface area contributed by atoms with Crippen molar-refractivity contribution in [1.29, 1.82) is 0 Å². The number of likely N-dealkylation sites (tertiary alicyclic amines) is 1. The summed E-state index contributed by atoms with van der Waals surface area (Å²) in [4.78, 5) is 20.3. The average molecular weight is 316 g/mol. The van der Waals surface area contributed by atoms with E-state index >= 15 is 0 Å². The molecule has 0 bridgehead atoms. The van der Waals surface area contributed by atoms with E-state index in [-0.39, 0.29) is 16.5 Å². The van der Waals surface area contributed by atoms with Crippen LogP contribution in [0.1, 0.15) is 18.9 Å². The van der Waals surface area contributed by atoms with E-state index in [1.807, 2.05) is 0 Å². The fraction of sp³-hybridized carbons (Fsp3) is 0.455. The van der Waals surface area contributed by atoms with Gasteiger partial charge in [0.2, 0.25) is 5.28 Å². The van der Waals surface area contributed by atoms with Crippen LogP contribution >= 0.6 is 23.2 Å². The first-order chi connectivity index (χ1) is 9.56. The molecule has 2 aromatic heterocycles. The molecule has 20 heavy (non-hydrogen) atoms. The summed E-state index contributed by atoms with van der Waals surface area (Å²) in [5.41, 5.74) is 0.587. The fourth-order valence-corrected chi connectivity index (χ4v) is 2.86. The van der Waals surface area contributed by atoms with E-state index in [1.54, 1.807) is 10.9 Å². The van der Waals surface area contributed by atoms with Crippen molar-refractivity contribution in [3.63, 3.8) is 0 Å². The molecule has 0 radical (unpaired) electrons. The zero-order valence-corrected chi connectivity index (χ0v) is 11.8. The lowest BCUT2D eigenvalue weighted by Crippen LogP contribution is -2.38. The Bertz CT molecular complexity index is 666. The standard InChI is InChI=1S/C11H11Cl2N5O2/c12-8-7-5-14-18(9(7)16-10(13)15-8)6-1-3-17(4-2-6)11(19)20/h5-6H,1-4H2,(H,19,20). The minimum atomic E-state index is -0.887. The molecule has 0 aromatic carbocycles. The van der Waals surface area contributed by atoms with E-state index in [2.05, 4.69) is 15.1 Å². The van der Waals surface area contributed by atoms with Gasteiger partial charge >= 0.3 is 6.09 Å². The lowest BCUT2D eigenvalue weighted by atomic mass is 10.1. The van der Waals surface area contributed by atoms with E-state index in [1.165, 1.54) is 4.90 Å². The molecule has 1 saturated heterocycles. The summed E-state index contributed by atoms with van der Waals surface area (Å²) in [5.74, 6) is 0. The quantitative estimate of drug-likeness (QED) is 0.645. The SMILES string of the molecule is O=C(O)N1CCC(n2ncc3c(Cl)nc(Cl)nc32)CC1. The first kappa shape index (κ1) is 13.4. The van der Waals surface area contributed by atoms with Crippen molar-refractivity contribution in [3.8, 4) is 0 Å². The molecule has 7 nitrogen and oxygen atoms in total. The molecule has 0 spiro atoms. The predicted octanol–water partition coefficient (Wildman–Crippen LogP) is 2.45. The van der Waals surface area contributed by atoms with Crippen molar-refractivity contribution >= 4 is 40.3 Å². The second-order valence-corrected chi connectivity index (χ2v) is 5.31. The fourth-order valence-electron chi connectivity index (χ4n) is 2.44. The minimum absolute atomic E-state index is 0.0761. The van der Waals surface area contributed by atoms with Crippen LogP contribution in [0.25, 0.3) is 11.0 Å². The maximum atomic E-state index is 10.9. The Kier molecular flexibility index (Phi) is 3.39. The van der Waals surface area contributed by atoms with Crippen molar-refractivity contribution < 1.29 is 9.90 Å². The van der Waals surface area contributed by atoms with Crippen LogP contribution in [0.4, 0.5) is 4.79 Å². The summed E-state index contributed by atoms with van der Waals surface area (Å²) in [7, 11) is 0. The van der Waals surface area contributed by atoms with Crippen LogP contribution in [-0.4, -0.2) is 48.9 Å². The van der Waals surface area contributed by atoms with E-state index in [9.17, 15) is 4.79 Å². The summed E-state index contributed by atoms with van der Waals surface area (Å²) >= 11 is 11.8. The number of aromatic nitrogens is 4. The van der Waals surface area contributed by atoms with Crippen LogP contribution in [0, 0.1) is 0 Å². The Balaban J connectivity index is 1.90. The van der Waals surface area contributed by atoms with E-state index in [0.717, 1.165) is 0 Å². The van der Waals surface area contributed by atoms with Crippen LogP contribution < -0.4 is 0 Å². The summed E-state index contributed by atoms with van der Waals surface area (Å²) < 4.78 is 1.76. The molecule has 0 saturated carbocycles. The average Bonchev–Trinajstić information content (AvgIpc) is 2.82. The summed E-state index contributed by atoms with van der Waals surface area (Å²) in [5, 5.41) is 14.2. The Labute approximate surface area is 124 Å². The molecule has 3 rings (SSSR count). The number of carbonyl (C=O) groups is 1. The molecule has 0 atom stereocenters. The normalized spacial score (nSPS) is 16.8. The third-order valence-corrected chi connectivity index (χ3v) is 3.92. The molecule has 1 N–H and O–H groups in total.